The molecule has 4 aliphatic carbocycles. The van der Waals surface area contributed by atoms with Gasteiger partial charge >= 0.3 is 5.97 Å². The van der Waals surface area contributed by atoms with Crippen LogP contribution in [0.2, 0.25) is 0 Å². The topological polar surface area (TPSA) is 66.8 Å². The predicted octanol–water partition coefficient (Wildman–Crippen LogP) is 3.22. The highest BCUT2D eigenvalue weighted by molar-refractivity contribution is 5.75. The zero-order valence-corrected chi connectivity index (χ0v) is 15.0. The molecular weight excluding hydrogens is 304 g/mol. The molecule has 2 bridgehead atoms. The standard InChI is InChI=1S/C20H30O4/c1-17-5-4-6-18(2,16(22)23)13(17)8-15(21)20-9-11-12(7-14(17)20)24-19(11,3)10-20/h11-15,21H,4-10H2,1-3H3,(H,22,23)/t11-,12?,13-,14-,15+,17+,18+,19?,20+/m0/s1. The number of carboxylic acid groups (broad SMARTS) is 1. The number of aliphatic hydroxyl groups is 1. The summed E-state index contributed by atoms with van der Waals surface area (Å²) in [7, 11) is 0. The summed E-state index contributed by atoms with van der Waals surface area (Å²) in [5.41, 5.74) is -0.742. The second kappa shape index (κ2) is 4.20. The lowest BCUT2D eigenvalue weighted by Gasteiger charge is -2.65. The second-order valence-electron chi connectivity index (χ2n) is 10.4. The Morgan fingerprint density at radius 2 is 1.88 bits per heavy atom. The van der Waals surface area contributed by atoms with E-state index in [1.54, 1.807) is 0 Å². The smallest absolute Gasteiger partial charge is 0.309 e. The minimum absolute atomic E-state index is 0.0206. The number of aliphatic hydroxyl groups excluding tert-OH is 1. The van der Waals surface area contributed by atoms with Crippen LogP contribution >= 0.6 is 0 Å². The van der Waals surface area contributed by atoms with Crippen molar-refractivity contribution < 1.29 is 19.7 Å². The normalized spacial score (nSPS) is 63.9. The fourth-order valence-electron chi connectivity index (χ4n) is 8.42. The minimum atomic E-state index is -0.696. The molecule has 24 heavy (non-hydrogen) atoms. The van der Waals surface area contributed by atoms with Crippen LogP contribution in [0.4, 0.5) is 0 Å². The van der Waals surface area contributed by atoms with Crippen molar-refractivity contribution in [1.29, 1.82) is 0 Å². The molecule has 0 radical (unpaired) electrons. The number of aliphatic carboxylic acids is 1. The van der Waals surface area contributed by atoms with Gasteiger partial charge in [-0.15, -0.1) is 0 Å². The number of hydrogen-bond donors (Lipinski definition) is 2. The molecule has 1 saturated heterocycles. The third kappa shape index (κ3) is 1.48. The van der Waals surface area contributed by atoms with Crippen LogP contribution in [-0.2, 0) is 9.53 Å². The fourth-order valence-corrected chi connectivity index (χ4v) is 8.42. The van der Waals surface area contributed by atoms with Gasteiger partial charge in [-0.25, -0.2) is 0 Å². The Hall–Kier alpha value is -0.610. The number of hydrogen-bond acceptors (Lipinski definition) is 3. The van der Waals surface area contributed by atoms with Gasteiger partial charge in [-0.2, -0.15) is 0 Å². The van der Waals surface area contributed by atoms with E-state index in [-0.39, 0.29) is 28.5 Å². The van der Waals surface area contributed by atoms with E-state index in [0.717, 1.165) is 38.5 Å². The number of fused-ring (bicyclic) bond motifs is 2. The highest BCUT2D eigenvalue weighted by Crippen LogP contribution is 2.76. The molecular formula is C20H30O4. The molecule has 5 rings (SSSR count). The van der Waals surface area contributed by atoms with Crippen molar-refractivity contribution in [2.45, 2.75) is 83.5 Å². The van der Waals surface area contributed by atoms with E-state index in [9.17, 15) is 15.0 Å². The molecule has 1 heterocycles. The zero-order chi connectivity index (χ0) is 17.1. The highest BCUT2D eigenvalue weighted by atomic mass is 16.5. The molecule has 0 aromatic carbocycles. The van der Waals surface area contributed by atoms with Crippen LogP contribution in [0.15, 0.2) is 0 Å². The summed E-state index contributed by atoms with van der Waals surface area (Å²) in [4.78, 5) is 12.1. The lowest BCUT2D eigenvalue weighted by Crippen LogP contribution is -2.64. The maximum Gasteiger partial charge on any atom is 0.309 e. The molecule has 0 amide bonds. The van der Waals surface area contributed by atoms with E-state index < -0.39 is 11.4 Å². The van der Waals surface area contributed by atoms with Crippen molar-refractivity contribution in [2.24, 2.45) is 34.0 Å². The van der Waals surface area contributed by atoms with E-state index in [2.05, 4.69) is 13.8 Å². The number of carbonyl (C=O) groups is 1. The van der Waals surface area contributed by atoms with Crippen LogP contribution in [0.3, 0.4) is 0 Å². The molecule has 1 aliphatic heterocycles. The third-order valence-corrected chi connectivity index (χ3v) is 9.48. The SMILES string of the molecule is CC12C[C@]34C[C@H]1C(C[C@H]3[C@]1(C)CCC[C@@](C)(C(=O)O)[C@H]1C[C@H]4O)O2. The fraction of sp³-hybridized carbons (Fsp3) is 0.950. The second-order valence-corrected chi connectivity index (χ2v) is 10.4. The Bertz CT molecular complexity index is 619. The first-order chi connectivity index (χ1) is 11.2. The first kappa shape index (κ1) is 15.6. The minimum Gasteiger partial charge on any atom is -0.481 e. The molecule has 0 aromatic heterocycles. The maximum absolute atomic E-state index is 12.1. The van der Waals surface area contributed by atoms with Crippen molar-refractivity contribution in [1.82, 2.24) is 0 Å². The quantitative estimate of drug-likeness (QED) is 0.773. The van der Waals surface area contributed by atoms with Crippen LogP contribution in [0, 0.1) is 34.0 Å². The zero-order valence-electron chi connectivity index (χ0n) is 15.0. The molecule has 2 unspecified atom stereocenters. The summed E-state index contributed by atoms with van der Waals surface area (Å²) in [5.74, 6) is 0.416. The van der Waals surface area contributed by atoms with Crippen molar-refractivity contribution in [2.75, 3.05) is 0 Å². The summed E-state index contributed by atoms with van der Waals surface area (Å²) in [5, 5.41) is 21.2. The van der Waals surface area contributed by atoms with Crippen LogP contribution in [0.5, 0.6) is 0 Å². The van der Waals surface area contributed by atoms with E-state index in [1.807, 2.05) is 6.92 Å². The summed E-state index contributed by atoms with van der Waals surface area (Å²) < 4.78 is 6.27. The summed E-state index contributed by atoms with van der Waals surface area (Å²) in [6, 6.07) is 0. The van der Waals surface area contributed by atoms with Gasteiger partial charge in [0.1, 0.15) is 0 Å². The van der Waals surface area contributed by atoms with Crippen LogP contribution in [0.1, 0.15) is 65.7 Å². The molecule has 4 heteroatoms. The van der Waals surface area contributed by atoms with Gasteiger partial charge in [0, 0.05) is 11.3 Å². The van der Waals surface area contributed by atoms with Gasteiger partial charge in [0.15, 0.2) is 0 Å². The highest BCUT2D eigenvalue weighted by Gasteiger charge is 2.76. The molecule has 134 valence electrons. The lowest BCUT2D eigenvalue weighted by molar-refractivity contribution is -0.256. The molecule has 4 nitrogen and oxygen atoms in total. The Morgan fingerprint density at radius 1 is 1.12 bits per heavy atom. The van der Waals surface area contributed by atoms with E-state index in [1.165, 1.54) is 0 Å². The first-order valence-corrected chi connectivity index (χ1v) is 9.75. The number of ether oxygens (including phenoxy) is 1. The number of rotatable bonds is 1. The van der Waals surface area contributed by atoms with E-state index in [4.69, 9.17) is 4.74 Å². The van der Waals surface area contributed by atoms with E-state index in [0.29, 0.717) is 24.4 Å². The average Bonchev–Trinajstić information content (AvgIpc) is 2.61. The van der Waals surface area contributed by atoms with Crippen molar-refractivity contribution in [3.05, 3.63) is 0 Å². The largest absolute Gasteiger partial charge is 0.481 e. The third-order valence-electron chi connectivity index (χ3n) is 9.48. The van der Waals surface area contributed by atoms with E-state index >= 15 is 0 Å². The number of carboxylic acids is 1. The van der Waals surface area contributed by atoms with Gasteiger partial charge in [0.25, 0.3) is 0 Å². The Balaban J connectivity index is 1.61. The summed E-state index contributed by atoms with van der Waals surface area (Å²) in [6.45, 7) is 6.50. The average molecular weight is 334 g/mol. The first-order valence-electron chi connectivity index (χ1n) is 9.75. The van der Waals surface area contributed by atoms with Crippen LogP contribution in [-0.4, -0.2) is 34.0 Å². The Labute approximate surface area is 144 Å². The van der Waals surface area contributed by atoms with Gasteiger partial charge in [-0.3, -0.25) is 4.79 Å². The van der Waals surface area contributed by atoms with Crippen LogP contribution in [0.25, 0.3) is 0 Å². The van der Waals surface area contributed by atoms with Gasteiger partial charge < -0.3 is 14.9 Å². The molecule has 5 aliphatic rings. The predicted molar refractivity (Wildman–Crippen MR) is 88.4 cm³/mol. The van der Waals surface area contributed by atoms with Gasteiger partial charge in [0.05, 0.1) is 23.2 Å². The Morgan fingerprint density at radius 3 is 2.58 bits per heavy atom. The molecule has 2 N–H and O–H groups in total. The molecule has 1 spiro atoms. The van der Waals surface area contributed by atoms with Crippen molar-refractivity contribution >= 4 is 5.97 Å². The van der Waals surface area contributed by atoms with Gasteiger partial charge in [-0.1, -0.05) is 13.3 Å². The molecule has 9 atom stereocenters. The Kier molecular flexibility index (Phi) is 2.73. The molecule has 0 aromatic rings. The summed E-state index contributed by atoms with van der Waals surface area (Å²) in [6.07, 6.45) is 6.56. The van der Waals surface area contributed by atoms with Crippen LogP contribution < -0.4 is 0 Å². The maximum atomic E-state index is 12.1. The molecule has 5 fully saturated rings. The van der Waals surface area contributed by atoms with Crippen molar-refractivity contribution in [3.8, 4) is 0 Å². The molecule has 4 saturated carbocycles. The summed E-state index contributed by atoms with van der Waals surface area (Å²) >= 11 is 0. The monoisotopic (exact) mass is 334 g/mol. The van der Waals surface area contributed by atoms with Gasteiger partial charge in [0.2, 0.25) is 0 Å². The van der Waals surface area contributed by atoms with Crippen molar-refractivity contribution in [3.63, 3.8) is 0 Å². The van der Waals surface area contributed by atoms with Gasteiger partial charge in [-0.05, 0) is 69.6 Å². The lowest BCUT2D eigenvalue weighted by atomic mass is 9.40.